The van der Waals surface area contributed by atoms with Crippen molar-refractivity contribution in [1.29, 1.82) is 0 Å². The van der Waals surface area contributed by atoms with Crippen LogP contribution in [0.1, 0.15) is 5.56 Å². The highest BCUT2D eigenvalue weighted by Crippen LogP contribution is 2.11. The third-order valence-electron chi connectivity index (χ3n) is 2.42. The first-order chi connectivity index (χ1) is 9.75. The largest absolute Gasteiger partial charge is 0.386 e. The maximum absolute atomic E-state index is 13.3. The number of oxime groups is 1. The second-order valence-corrected chi connectivity index (χ2v) is 3.95. The predicted molar refractivity (Wildman–Crippen MR) is 75.0 cm³/mol. The van der Waals surface area contributed by atoms with Crippen LogP contribution in [0.2, 0.25) is 0 Å². The molecule has 0 fully saturated rings. The SMILES string of the molecule is O=C(CO/N=C\c1ccccc1)Nc1ccccc1F. The molecule has 0 radical (unpaired) electrons. The molecule has 0 aliphatic rings. The van der Waals surface area contributed by atoms with E-state index in [0.717, 1.165) is 5.56 Å². The van der Waals surface area contributed by atoms with E-state index in [0.29, 0.717) is 0 Å². The summed E-state index contributed by atoms with van der Waals surface area (Å²) in [6.45, 7) is -0.280. The second kappa shape index (κ2) is 7.04. The molecule has 1 amide bonds. The molecule has 0 heterocycles. The molecular weight excluding hydrogens is 259 g/mol. The molecule has 2 aromatic carbocycles. The molecule has 0 aliphatic heterocycles. The number of para-hydroxylation sites is 1. The number of hydrogen-bond acceptors (Lipinski definition) is 3. The van der Waals surface area contributed by atoms with Crippen LogP contribution in [0.3, 0.4) is 0 Å². The van der Waals surface area contributed by atoms with Crippen molar-refractivity contribution in [3.63, 3.8) is 0 Å². The van der Waals surface area contributed by atoms with E-state index < -0.39 is 11.7 Å². The maximum Gasteiger partial charge on any atom is 0.265 e. The van der Waals surface area contributed by atoms with Crippen molar-refractivity contribution in [1.82, 2.24) is 0 Å². The van der Waals surface area contributed by atoms with Crippen molar-refractivity contribution in [2.24, 2.45) is 5.16 Å². The fourth-order valence-corrected chi connectivity index (χ4v) is 1.48. The molecule has 20 heavy (non-hydrogen) atoms. The molecule has 5 heteroatoms. The minimum absolute atomic E-state index is 0.119. The Morgan fingerprint density at radius 2 is 1.85 bits per heavy atom. The van der Waals surface area contributed by atoms with Crippen LogP contribution in [0.15, 0.2) is 59.8 Å². The van der Waals surface area contributed by atoms with Gasteiger partial charge in [-0.15, -0.1) is 0 Å². The molecule has 0 spiro atoms. The monoisotopic (exact) mass is 272 g/mol. The number of carbonyl (C=O) groups excluding carboxylic acids is 1. The quantitative estimate of drug-likeness (QED) is 0.672. The van der Waals surface area contributed by atoms with Crippen LogP contribution in [-0.4, -0.2) is 18.7 Å². The van der Waals surface area contributed by atoms with Gasteiger partial charge in [-0.05, 0) is 17.7 Å². The van der Waals surface area contributed by atoms with Crippen LogP contribution in [-0.2, 0) is 9.63 Å². The van der Waals surface area contributed by atoms with Gasteiger partial charge in [0, 0.05) is 0 Å². The Morgan fingerprint density at radius 1 is 1.15 bits per heavy atom. The van der Waals surface area contributed by atoms with Gasteiger partial charge in [0.2, 0.25) is 0 Å². The van der Waals surface area contributed by atoms with Crippen molar-refractivity contribution in [3.05, 3.63) is 66.0 Å². The fourth-order valence-electron chi connectivity index (χ4n) is 1.48. The molecule has 0 unspecified atom stereocenters. The zero-order valence-electron chi connectivity index (χ0n) is 10.6. The summed E-state index contributed by atoms with van der Waals surface area (Å²) >= 11 is 0. The van der Waals surface area contributed by atoms with E-state index in [1.807, 2.05) is 30.3 Å². The van der Waals surface area contributed by atoms with E-state index in [1.54, 1.807) is 12.1 Å². The van der Waals surface area contributed by atoms with Gasteiger partial charge in [0.1, 0.15) is 5.82 Å². The Kier molecular flexibility index (Phi) is 4.83. The number of nitrogens with one attached hydrogen (secondary N) is 1. The molecular formula is C15H13FN2O2. The van der Waals surface area contributed by atoms with Crippen LogP contribution >= 0.6 is 0 Å². The maximum atomic E-state index is 13.3. The fraction of sp³-hybridized carbons (Fsp3) is 0.0667. The first-order valence-electron chi connectivity index (χ1n) is 6.00. The smallest absolute Gasteiger partial charge is 0.265 e. The average molecular weight is 272 g/mol. The van der Waals surface area contributed by atoms with E-state index in [1.165, 1.54) is 18.3 Å². The van der Waals surface area contributed by atoms with Gasteiger partial charge in [0.25, 0.3) is 5.91 Å². The molecule has 102 valence electrons. The van der Waals surface area contributed by atoms with E-state index in [4.69, 9.17) is 4.84 Å². The van der Waals surface area contributed by atoms with E-state index >= 15 is 0 Å². The molecule has 1 N–H and O–H groups in total. The highest BCUT2D eigenvalue weighted by atomic mass is 19.1. The Morgan fingerprint density at radius 3 is 2.60 bits per heavy atom. The lowest BCUT2D eigenvalue weighted by atomic mass is 10.2. The second-order valence-electron chi connectivity index (χ2n) is 3.95. The first kappa shape index (κ1) is 13.7. The Balaban J connectivity index is 1.79. The normalized spacial score (nSPS) is 10.4. The Labute approximate surface area is 115 Å². The lowest BCUT2D eigenvalue weighted by molar-refractivity contribution is -0.120. The highest BCUT2D eigenvalue weighted by Gasteiger charge is 2.05. The summed E-state index contributed by atoms with van der Waals surface area (Å²) in [6.07, 6.45) is 1.50. The molecule has 0 saturated heterocycles. The van der Waals surface area contributed by atoms with Crippen LogP contribution in [0.4, 0.5) is 10.1 Å². The third-order valence-corrected chi connectivity index (χ3v) is 2.42. The van der Waals surface area contributed by atoms with Gasteiger partial charge in [-0.2, -0.15) is 0 Å². The number of anilines is 1. The lowest BCUT2D eigenvalue weighted by Crippen LogP contribution is -2.17. The van der Waals surface area contributed by atoms with E-state index in [2.05, 4.69) is 10.5 Å². The summed E-state index contributed by atoms with van der Waals surface area (Å²) in [4.78, 5) is 16.3. The Bertz CT molecular complexity index is 600. The number of rotatable bonds is 5. The van der Waals surface area contributed by atoms with Gasteiger partial charge in [0.15, 0.2) is 6.61 Å². The molecule has 0 aromatic heterocycles. The van der Waals surface area contributed by atoms with Gasteiger partial charge in [0.05, 0.1) is 11.9 Å². The molecule has 0 bridgehead atoms. The topological polar surface area (TPSA) is 50.7 Å². The summed E-state index contributed by atoms with van der Waals surface area (Å²) in [5, 5.41) is 6.06. The number of nitrogens with zero attached hydrogens (tertiary/aromatic N) is 1. The van der Waals surface area contributed by atoms with Gasteiger partial charge >= 0.3 is 0 Å². The van der Waals surface area contributed by atoms with Gasteiger partial charge in [-0.25, -0.2) is 4.39 Å². The zero-order chi connectivity index (χ0) is 14.2. The van der Waals surface area contributed by atoms with Crippen LogP contribution in [0, 0.1) is 5.82 Å². The van der Waals surface area contributed by atoms with Crippen molar-refractivity contribution in [2.45, 2.75) is 0 Å². The minimum Gasteiger partial charge on any atom is -0.386 e. The lowest BCUT2D eigenvalue weighted by Gasteiger charge is -2.04. The third kappa shape index (κ3) is 4.20. The number of halogens is 1. The van der Waals surface area contributed by atoms with Gasteiger partial charge in [-0.1, -0.05) is 47.6 Å². The van der Waals surface area contributed by atoms with Crippen molar-refractivity contribution in [3.8, 4) is 0 Å². The standard InChI is InChI=1S/C15H13FN2O2/c16-13-8-4-5-9-14(13)18-15(19)11-20-17-10-12-6-2-1-3-7-12/h1-10H,11H2,(H,18,19)/b17-10-. The van der Waals surface area contributed by atoms with Crippen LogP contribution in [0.5, 0.6) is 0 Å². The highest BCUT2D eigenvalue weighted by molar-refractivity contribution is 5.91. The number of carbonyl (C=O) groups is 1. The summed E-state index contributed by atoms with van der Waals surface area (Å²) < 4.78 is 13.3. The molecule has 0 saturated carbocycles. The van der Waals surface area contributed by atoms with Crippen LogP contribution < -0.4 is 5.32 Å². The minimum atomic E-state index is -0.492. The predicted octanol–water partition coefficient (Wildman–Crippen LogP) is 2.81. The van der Waals surface area contributed by atoms with Gasteiger partial charge in [-0.3, -0.25) is 4.79 Å². The molecule has 0 atom stereocenters. The Hall–Kier alpha value is -2.69. The molecule has 0 aliphatic carbocycles. The summed E-state index contributed by atoms with van der Waals surface area (Å²) in [5.41, 5.74) is 0.982. The zero-order valence-corrected chi connectivity index (χ0v) is 10.6. The summed E-state index contributed by atoms with van der Waals surface area (Å²) in [6, 6.07) is 15.3. The average Bonchev–Trinajstić information content (AvgIpc) is 2.47. The first-order valence-corrected chi connectivity index (χ1v) is 6.00. The van der Waals surface area contributed by atoms with Crippen LogP contribution in [0.25, 0.3) is 0 Å². The molecule has 2 aromatic rings. The van der Waals surface area contributed by atoms with E-state index in [-0.39, 0.29) is 12.3 Å². The van der Waals surface area contributed by atoms with Crippen molar-refractivity contribution >= 4 is 17.8 Å². The number of benzene rings is 2. The van der Waals surface area contributed by atoms with E-state index in [9.17, 15) is 9.18 Å². The summed E-state index contributed by atoms with van der Waals surface area (Å²) in [5.74, 6) is -0.964. The van der Waals surface area contributed by atoms with Crippen molar-refractivity contribution < 1.29 is 14.0 Å². The van der Waals surface area contributed by atoms with Gasteiger partial charge < -0.3 is 10.2 Å². The molecule has 4 nitrogen and oxygen atoms in total. The summed E-state index contributed by atoms with van der Waals surface area (Å²) in [7, 11) is 0. The van der Waals surface area contributed by atoms with Crippen molar-refractivity contribution in [2.75, 3.05) is 11.9 Å². The number of hydrogen-bond donors (Lipinski definition) is 1. The molecule has 2 rings (SSSR count). The number of amides is 1.